The van der Waals surface area contributed by atoms with Crippen LogP contribution in [0.5, 0.6) is 0 Å². The van der Waals surface area contributed by atoms with Gasteiger partial charge in [0.2, 0.25) is 0 Å². The molecule has 1 aliphatic heterocycles. The lowest BCUT2D eigenvalue weighted by Gasteiger charge is -2.08. The Morgan fingerprint density at radius 1 is 1.36 bits per heavy atom. The fraction of sp³-hybridized carbons (Fsp3) is 0.500. The van der Waals surface area contributed by atoms with Crippen LogP contribution < -0.4 is 5.32 Å². The summed E-state index contributed by atoms with van der Waals surface area (Å²) in [5, 5.41) is 12.3. The van der Waals surface area contributed by atoms with E-state index in [0.29, 0.717) is 24.6 Å². The van der Waals surface area contributed by atoms with E-state index in [4.69, 9.17) is 4.74 Å². The second-order valence-corrected chi connectivity index (χ2v) is 7.26. The minimum absolute atomic E-state index is 0.0600. The molecular weight excluding hydrogens is 336 g/mol. The number of amides is 1. The Bertz CT molecular complexity index is 708. The molecule has 1 aliphatic rings. The molecule has 1 aromatic carbocycles. The summed E-state index contributed by atoms with van der Waals surface area (Å²) in [6, 6.07) is 7.56. The standard InChI is InChI=1S/C18H24N4O2S/c1-13-5-7-14(8-6-13)17(23)19-10-9-16-20-21-18(22(16)2)25-12-15-4-3-11-24-15/h5-8,15H,3-4,9-12H2,1-2H3,(H,19,23)/t15-/m1/s1. The van der Waals surface area contributed by atoms with Crippen LogP contribution in [-0.4, -0.2) is 45.7 Å². The van der Waals surface area contributed by atoms with Crippen LogP contribution in [0.1, 0.15) is 34.6 Å². The molecule has 7 heteroatoms. The average molecular weight is 360 g/mol. The van der Waals surface area contributed by atoms with Gasteiger partial charge >= 0.3 is 0 Å². The molecule has 25 heavy (non-hydrogen) atoms. The highest BCUT2D eigenvalue weighted by atomic mass is 32.2. The third-order valence-electron chi connectivity index (χ3n) is 4.30. The molecule has 0 aliphatic carbocycles. The number of ether oxygens (including phenoxy) is 1. The highest BCUT2D eigenvalue weighted by Crippen LogP contribution is 2.22. The Kier molecular flexibility index (Phi) is 6.09. The SMILES string of the molecule is Cc1ccc(C(=O)NCCc2nnc(SC[C@H]3CCCO3)n2C)cc1. The molecule has 1 aromatic heterocycles. The zero-order valence-corrected chi connectivity index (χ0v) is 15.5. The lowest BCUT2D eigenvalue weighted by molar-refractivity contribution is 0.0954. The molecule has 0 saturated carbocycles. The van der Waals surface area contributed by atoms with Gasteiger partial charge < -0.3 is 14.6 Å². The van der Waals surface area contributed by atoms with Crippen molar-refractivity contribution in [2.24, 2.45) is 7.05 Å². The topological polar surface area (TPSA) is 69.0 Å². The van der Waals surface area contributed by atoms with E-state index in [0.717, 1.165) is 41.7 Å². The molecule has 3 rings (SSSR count). The Morgan fingerprint density at radius 3 is 2.88 bits per heavy atom. The molecule has 1 amide bonds. The summed E-state index contributed by atoms with van der Waals surface area (Å²) in [4.78, 5) is 12.1. The number of nitrogens with one attached hydrogen (secondary N) is 1. The summed E-state index contributed by atoms with van der Waals surface area (Å²) in [5.41, 5.74) is 1.82. The minimum atomic E-state index is -0.0600. The van der Waals surface area contributed by atoms with Crippen molar-refractivity contribution in [3.05, 3.63) is 41.2 Å². The maximum atomic E-state index is 12.1. The van der Waals surface area contributed by atoms with Crippen molar-refractivity contribution >= 4 is 17.7 Å². The summed E-state index contributed by atoms with van der Waals surface area (Å²) in [6.07, 6.45) is 3.26. The van der Waals surface area contributed by atoms with Crippen molar-refractivity contribution < 1.29 is 9.53 Å². The van der Waals surface area contributed by atoms with Crippen LogP contribution in [0.4, 0.5) is 0 Å². The zero-order chi connectivity index (χ0) is 17.6. The molecular formula is C18H24N4O2S. The van der Waals surface area contributed by atoms with E-state index < -0.39 is 0 Å². The van der Waals surface area contributed by atoms with E-state index in [9.17, 15) is 4.79 Å². The molecule has 2 heterocycles. The second-order valence-electron chi connectivity index (χ2n) is 6.28. The zero-order valence-electron chi connectivity index (χ0n) is 14.7. The number of rotatable bonds is 7. The average Bonchev–Trinajstić information content (AvgIpc) is 3.24. The number of hydrogen-bond donors (Lipinski definition) is 1. The van der Waals surface area contributed by atoms with Gasteiger partial charge in [-0.2, -0.15) is 0 Å². The molecule has 2 aromatic rings. The third kappa shape index (κ3) is 4.83. The smallest absolute Gasteiger partial charge is 0.251 e. The maximum Gasteiger partial charge on any atom is 0.251 e. The van der Waals surface area contributed by atoms with Crippen molar-refractivity contribution in [2.45, 2.75) is 37.4 Å². The largest absolute Gasteiger partial charge is 0.377 e. The number of carbonyl (C=O) groups excluding carboxylic acids is 1. The number of benzene rings is 1. The van der Waals surface area contributed by atoms with E-state index in [2.05, 4.69) is 15.5 Å². The first-order valence-corrected chi connectivity index (χ1v) is 9.59. The predicted molar refractivity (Wildman–Crippen MR) is 97.9 cm³/mol. The van der Waals surface area contributed by atoms with Gasteiger partial charge in [0.15, 0.2) is 5.16 Å². The highest BCUT2D eigenvalue weighted by Gasteiger charge is 2.18. The molecule has 6 nitrogen and oxygen atoms in total. The number of carbonyl (C=O) groups is 1. The van der Waals surface area contributed by atoms with Crippen molar-refractivity contribution in [1.29, 1.82) is 0 Å². The fourth-order valence-corrected chi connectivity index (χ4v) is 3.72. The van der Waals surface area contributed by atoms with Gasteiger partial charge in [-0.3, -0.25) is 4.79 Å². The summed E-state index contributed by atoms with van der Waals surface area (Å²) in [6.45, 7) is 3.41. The van der Waals surface area contributed by atoms with Crippen molar-refractivity contribution in [3.63, 3.8) is 0 Å². The summed E-state index contributed by atoms with van der Waals surface area (Å²) in [7, 11) is 1.97. The quantitative estimate of drug-likeness (QED) is 0.768. The molecule has 1 saturated heterocycles. The van der Waals surface area contributed by atoms with Crippen LogP contribution in [0.2, 0.25) is 0 Å². The normalized spacial score (nSPS) is 17.0. The minimum Gasteiger partial charge on any atom is -0.377 e. The molecule has 1 atom stereocenters. The van der Waals surface area contributed by atoms with Crippen molar-refractivity contribution in [2.75, 3.05) is 18.9 Å². The lowest BCUT2D eigenvalue weighted by Crippen LogP contribution is -2.26. The first-order valence-electron chi connectivity index (χ1n) is 8.61. The van der Waals surface area contributed by atoms with Gasteiger partial charge in [0, 0.05) is 37.9 Å². The number of nitrogens with zero attached hydrogens (tertiary/aromatic N) is 3. The van der Waals surface area contributed by atoms with E-state index in [1.54, 1.807) is 11.8 Å². The molecule has 0 spiro atoms. The van der Waals surface area contributed by atoms with E-state index >= 15 is 0 Å². The number of aryl methyl sites for hydroxylation is 1. The number of aromatic nitrogens is 3. The first-order chi connectivity index (χ1) is 12.1. The van der Waals surface area contributed by atoms with Crippen LogP contribution in [0.25, 0.3) is 0 Å². The summed E-state index contributed by atoms with van der Waals surface area (Å²) < 4.78 is 7.63. The van der Waals surface area contributed by atoms with Crippen LogP contribution >= 0.6 is 11.8 Å². The van der Waals surface area contributed by atoms with Gasteiger partial charge in [-0.05, 0) is 31.9 Å². The fourth-order valence-electron chi connectivity index (χ4n) is 2.73. The van der Waals surface area contributed by atoms with E-state index in [1.807, 2.05) is 42.8 Å². The number of hydrogen-bond acceptors (Lipinski definition) is 5. The van der Waals surface area contributed by atoms with E-state index in [-0.39, 0.29) is 5.91 Å². The van der Waals surface area contributed by atoms with Gasteiger partial charge in [-0.25, -0.2) is 0 Å². The highest BCUT2D eigenvalue weighted by molar-refractivity contribution is 7.99. The van der Waals surface area contributed by atoms with Crippen molar-refractivity contribution in [3.8, 4) is 0 Å². The molecule has 134 valence electrons. The second kappa shape index (κ2) is 8.49. The van der Waals surface area contributed by atoms with Gasteiger partial charge in [-0.15, -0.1) is 10.2 Å². The molecule has 0 bridgehead atoms. The van der Waals surface area contributed by atoms with E-state index in [1.165, 1.54) is 0 Å². The number of thioether (sulfide) groups is 1. The maximum absolute atomic E-state index is 12.1. The van der Waals surface area contributed by atoms with Gasteiger partial charge in [0.1, 0.15) is 5.82 Å². The van der Waals surface area contributed by atoms with Crippen LogP contribution in [-0.2, 0) is 18.2 Å². The van der Waals surface area contributed by atoms with Gasteiger partial charge in [0.25, 0.3) is 5.91 Å². The molecule has 1 N–H and O–H groups in total. The molecule has 0 unspecified atom stereocenters. The van der Waals surface area contributed by atoms with Gasteiger partial charge in [0.05, 0.1) is 6.10 Å². The Morgan fingerprint density at radius 2 is 2.16 bits per heavy atom. The lowest BCUT2D eigenvalue weighted by atomic mass is 10.1. The predicted octanol–water partition coefficient (Wildman–Crippen LogP) is 2.37. The Hall–Kier alpha value is -1.86. The third-order valence-corrected chi connectivity index (χ3v) is 5.45. The Labute approximate surface area is 152 Å². The monoisotopic (exact) mass is 360 g/mol. The van der Waals surface area contributed by atoms with Crippen molar-refractivity contribution in [1.82, 2.24) is 20.1 Å². The summed E-state index contributed by atoms with van der Waals surface area (Å²) in [5.74, 6) is 1.73. The van der Waals surface area contributed by atoms with Gasteiger partial charge in [-0.1, -0.05) is 29.5 Å². The molecule has 1 fully saturated rings. The molecule has 0 radical (unpaired) electrons. The van der Waals surface area contributed by atoms with Crippen LogP contribution in [0, 0.1) is 6.92 Å². The Balaban J connectivity index is 1.46. The first kappa shape index (κ1) is 17.9. The van der Waals surface area contributed by atoms with Crippen LogP contribution in [0.3, 0.4) is 0 Å². The summed E-state index contributed by atoms with van der Waals surface area (Å²) >= 11 is 1.68. The van der Waals surface area contributed by atoms with Crippen LogP contribution in [0.15, 0.2) is 29.4 Å².